The highest BCUT2D eigenvalue weighted by atomic mass is 16.6. The average Bonchev–Trinajstić information content (AvgIpc) is 2.53. The van der Waals surface area contributed by atoms with Crippen LogP contribution in [0.3, 0.4) is 0 Å². The second kappa shape index (κ2) is 5.95. The molecule has 1 aliphatic rings. The Hall–Kier alpha value is -2.36. The van der Waals surface area contributed by atoms with E-state index in [9.17, 15) is 0 Å². The second-order valence-corrected chi connectivity index (χ2v) is 4.94. The van der Waals surface area contributed by atoms with E-state index in [2.05, 4.69) is 13.0 Å². The average molecular weight is 285 g/mol. The van der Waals surface area contributed by atoms with E-state index in [-0.39, 0.29) is 0 Å². The zero-order valence-corrected chi connectivity index (χ0v) is 12.1. The standard InChI is InChI=1S/C17H19NO3/c1-2-12-5-3-4-6-15(12)21-11-13-9-16-17(10-14(13)18)20-8-7-19-16/h3-6,9-10H,2,7-8,11,18H2,1H3. The predicted octanol–water partition coefficient (Wildman–Crippen LogP) is 3.18. The van der Waals surface area contributed by atoms with Crippen molar-refractivity contribution >= 4 is 5.69 Å². The van der Waals surface area contributed by atoms with E-state index in [1.807, 2.05) is 24.3 Å². The predicted molar refractivity (Wildman–Crippen MR) is 82.0 cm³/mol. The Morgan fingerprint density at radius 3 is 2.52 bits per heavy atom. The molecule has 4 heteroatoms. The van der Waals surface area contributed by atoms with Crippen LogP contribution in [0.4, 0.5) is 5.69 Å². The molecule has 4 nitrogen and oxygen atoms in total. The highest BCUT2D eigenvalue weighted by Crippen LogP contribution is 2.35. The Bertz CT molecular complexity index is 640. The Morgan fingerprint density at radius 2 is 1.76 bits per heavy atom. The summed E-state index contributed by atoms with van der Waals surface area (Å²) in [5.41, 5.74) is 8.82. The molecule has 1 heterocycles. The maximum Gasteiger partial charge on any atom is 0.163 e. The summed E-state index contributed by atoms with van der Waals surface area (Å²) >= 11 is 0. The lowest BCUT2D eigenvalue weighted by molar-refractivity contribution is 0.171. The van der Waals surface area contributed by atoms with Crippen LogP contribution in [0.25, 0.3) is 0 Å². The molecule has 2 N–H and O–H groups in total. The molecule has 21 heavy (non-hydrogen) atoms. The molecule has 2 aromatic rings. The van der Waals surface area contributed by atoms with Crippen LogP contribution >= 0.6 is 0 Å². The minimum Gasteiger partial charge on any atom is -0.489 e. The minimum atomic E-state index is 0.416. The molecule has 0 unspecified atom stereocenters. The van der Waals surface area contributed by atoms with Crippen LogP contribution in [-0.4, -0.2) is 13.2 Å². The van der Waals surface area contributed by atoms with Gasteiger partial charge in [0.05, 0.1) is 0 Å². The van der Waals surface area contributed by atoms with Crippen LogP contribution in [0, 0.1) is 0 Å². The van der Waals surface area contributed by atoms with E-state index in [1.165, 1.54) is 5.56 Å². The molecule has 0 radical (unpaired) electrons. The third kappa shape index (κ3) is 2.89. The molecule has 0 bridgehead atoms. The molecule has 1 aliphatic heterocycles. The Morgan fingerprint density at radius 1 is 1.05 bits per heavy atom. The fraction of sp³-hybridized carbons (Fsp3) is 0.294. The first-order chi connectivity index (χ1) is 10.3. The summed E-state index contributed by atoms with van der Waals surface area (Å²) in [4.78, 5) is 0. The van der Waals surface area contributed by atoms with Gasteiger partial charge in [-0.25, -0.2) is 0 Å². The largest absolute Gasteiger partial charge is 0.489 e. The van der Waals surface area contributed by atoms with Gasteiger partial charge in [0.2, 0.25) is 0 Å². The fourth-order valence-corrected chi connectivity index (χ4v) is 2.36. The molecule has 0 aromatic heterocycles. The number of nitrogen functional groups attached to an aromatic ring is 1. The van der Waals surface area contributed by atoms with Crippen molar-refractivity contribution in [2.45, 2.75) is 20.0 Å². The highest BCUT2D eigenvalue weighted by molar-refractivity contribution is 5.58. The Kier molecular flexibility index (Phi) is 3.86. The van der Waals surface area contributed by atoms with Crippen molar-refractivity contribution in [3.05, 3.63) is 47.5 Å². The van der Waals surface area contributed by atoms with Crippen molar-refractivity contribution in [2.75, 3.05) is 18.9 Å². The molecule has 0 saturated heterocycles. The number of rotatable bonds is 4. The number of benzene rings is 2. The maximum absolute atomic E-state index is 6.06. The van der Waals surface area contributed by atoms with E-state index in [4.69, 9.17) is 19.9 Å². The van der Waals surface area contributed by atoms with Gasteiger partial charge in [-0.3, -0.25) is 0 Å². The first kappa shape index (κ1) is 13.6. The van der Waals surface area contributed by atoms with Gasteiger partial charge >= 0.3 is 0 Å². The molecular weight excluding hydrogens is 266 g/mol. The number of hydrogen-bond donors (Lipinski definition) is 1. The fourth-order valence-electron chi connectivity index (χ4n) is 2.36. The molecule has 110 valence electrons. The van der Waals surface area contributed by atoms with Crippen LogP contribution < -0.4 is 19.9 Å². The smallest absolute Gasteiger partial charge is 0.163 e. The molecule has 0 saturated carbocycles. The number of fused-ring (bicyclic) bond motifs is 1. The van der Waals surface area contributed by atoms with Gasteiger partial charge in [-0.15, -0.1) is 0 Å². The summed E-state index contributed by atoms with van der Waals surface area (Å²) in [5.74, 6) is 2.34. The van der Waals surface area contributed by atoms with Crippen molar-refractivity contribution in [1.82, 2.24) is 0 Å². The summed E-state index contributed by atoms with van der Waals surface area (Å²) in [6, 6.07) is 11.7. The molecule has 0 aliphatic carbocycles. The van der Waals surface area contributed by atoms with Gasteiger partial charge < -0.3 is 19.9 Å². The summed E-state index contributed by atoms with van der Waals surface area (Å²) in [7, 11) is 0. The molecular formula is C17H19NO3. The SMILES string of the molecule is CCc1ccccc1OCc1cc2c(cc1N)OCCO2. The van der Waals surface area contributed by atoms with Crippen molar-refractivity contribution < 1.29 is 14.2 Å². The van der Waals surface area contributed by atoms with Gasteiger partial charge in [0, 0.05) is 17.3 Å². The van der Waals surface area contributed by atoms with Crippen LogP contribution in [0.2, 0.25) is 0 Å². The lowest BCUT2D eigenvalue weighted by Crippen LogP contribution is -2.16. The first-order valence-corrected chi connectivity index (χ1v) is 7.16. The van der Waals surface area contributed by atoms with Gasteiger partial charge in [0.15, 0.2) is 11.5 Å². The lowest BCUT2D eigenvalue weighted by Gasteiger charge is -2.20. The van der Waals surface area contributed by atoms with Gasteiger partial charge in [0.1, 0.15) is 25.6 Å². The van der Waals surface area contributed by atoms with Gasteiger partial charge in [-0.2, -0.15) is 0 Å². The van der Waals surface area contributed by atoms with Crippen molar-refractivity contribution in [1.29, 1.82) is 0 Å². The second-order valence-electron chi connectivity index (χ2n) is 4.94. The molecule has 0 spiro atoms. The van der Waals surface area contributed by atoms with Gasteiger partial charge in [-0.1, -0.05) is 25.1 Å². The zero-order chi connectivity index (χ0) is 14.7. The minimum absolute atomic E-state index is 0.416. The quantitative estimate of drug-likeness (QED) is 0.877. The molecule has 0 atom stereocenters. The number of anilines is 1. The monoisotopic (exact) mass is 285 g/mol. The highest BCUT2D eigenvalue weighted by Gasteiger charge is 2.15. The summed E-state index contributed by atoms with van der Waals surface area (Å²) in [6.45, 7) is 3.65. The van der Waals surface area contributed by atoms with Crippen molar-refractivity contribution in [3.8, 4) is 17.2 Å². The third-order valence-electron chi connectivity index (χ3n) is 3.54. The maximum atomic E-state index is 6.06. The van der Waals surface area contributed by atoms with Crippen LogP contribution in [-0.2, 0) is 13.0 Å². The Labute approximate surface area is 124 Å². The molecule has 0 amide bonds. The van der Waals surface area contributed by atoms with Crippen molar-refractivity contribution in [2.24, 2.45) is 0 Å². The summed E-state index contributed by atoms with van der Waals surface area (Å²) < 4.78 is 17.0. The topological polar surface area (TPSA) is 53.7 Å². The van der Waals surface area contributed by atoms with Crippen molar-refractivity contribution in [3.63, 3.8) is 0 Å². The van der Waals surface area contributed by atoms with Crippen LogP contribution in [0.5, 0.6) is 17.2 Å². The van der Waals surface area contributed by atoms with E-state index in [1.54, 1.807) is 6.07 Å². The van der Waals surface area contributed by atoms with E-state index >= 15 is 0 Å². The lowest BCUT2D eigenvalue weighted by atomic mass is 10.1. The number of ether oxygens (including phenoxy) is 3. The number of nitrogens with two attached hydrogens (primary N) is 1. The van der Waals surface area contributed by atoms with Crippen LogP contribution in [0.15, 0.2) is 36.4 Å². The Balaban J connectivity index is 1.79. The van der Waals surface area contributed by atoms with Crippen LogP contribution in [0.1, 0.15) is 18.1 Å². The van der Waals surface area contributed by atoms with E-state index < -0.39 is 0 Å². The number of hydrogen-bond acceptors (Lipinski definition) is 4. The van der Waals surface area contributed by atoms with E-state index in [0.29, 0.717) is 31.3 Å². The molecule has 3 rings (SSSR count). The summed E-state index contributed by atoms with van der Waals surface area (Å²) in [6.07, 6.45) is 0.937. The number of para-hydroxylation sites is 1. The summed E-state index contributed by atoms with van der Waals surface area (Å²) in [5, 5.41) is 0. The van der Waals surface area contributed by atoms with E-state index in [0.717, 1.165) is 23.5 Å². The van der Waals surface area contributed by atoms with Gasteiger partial charge in [0.25, 0.3) is 0 Å². The zero-order valence-electron chi connectivity index (χ0n) is 12.1. The normalized spacial score (nSPS) is 13.0. The first-order valence-electron chi connectivity index (χ1n) is 7.16. The molecule has 2 aromatic carbocycles. The number of aryl methyl sites for hydroxylation is 1. The van der Waals surface area contributed by atoms with Gasteiger partial charge in [-0.05, 0) is 24.1 Å². The molecule has 0 fully saturated rings. The third-order valence-corrected chi connectivity index (χ3v) is 3.54.